The monoisotopic (exact) mass is 482 g/mol. The third kappa shape index (κ3) is 4.82. The van der Waals surface area contributed by atoms with Crippen molar-refractivity contribution in [3.8, 4) is 11.4 Å². The first-order chi connectivity index (χ1) is 16.5. The molecule has 2 aliphatic heterocycles. The van der Waals surface area contributed by atoms with E-state index in [1.807, 2.05) is 11.9 Å². The van der Waals surface area contributed by atoms with Crippen molar-refractivity contribution in [2.45, 2.75) is 32.4 Å². The zero-order valence-corrected chi connectivity index (χ0v) is 20.4. The predicted octanol–water partition coefficient (Wildman–Crippen LogP) is 2.01. The van der Waals surface area contributed by atoms with Crippen LogP contribution >= 0.6 is 11.3 Å². The minimum Gasteiger partial charge on any atom is -0.378 e. The summed E-state index contributed by atoms with van der Waals surface area (Å²) >= 11 is 1.75. The van der Waals surface area contributed by atoms with Crippen LogP contribution in [0.4, 0.5) is 11.8 Å². The van der Waals surface area contributed by atoms with E-state index >= 15 is 0 Å². The van der Waals surface area contributed by atoms with E-state index in [9.17, 15) is 4.79 Å². The highest BCUT2D eigenvalue weighted by Gasteiger charge is 2.26. The third-order valence-corrected chi connectivity index (χ3v) is 7.65. The molecular weight excluding hydrogens is 452 g/mol. The van der Waals surface area contributed by atoms with Crippen molar-refractivity contribution >= 4 is 39.2 Å². The maximum atomic E-state index is 11.8. The number of hydrogen-bond acceptors (Lipinski definition) is 10. The van der Waals surface area contributed by atoms with Gasteiger partial charge in [-0.25, -0.2) is 19.9 Å². The number of ether oxygens (including phenoxy) is 1. The normalized spacial score (nSPS) is 19.5. The Morgan fingerprint density at radius 3 is 2.74 bits per heavy atom. The maximum absolute atomic E-state index is 11.8. The lowest BCUT2D eigenvalue weighted by atomic mass is 10.0. The van der Waals surface area contributed by atoms with Crippen molar-refractivity contribution in [1.82, 2.24) is 29.7 Å². The maximum Gasteiger partial charge on any atom is 0.219 e. The Morgan fingerprint density at radius 1 is 1.24 bits per heavy atom. The number of thiophene rings is 1. The fourth-order valence-corrected chi connectivity index (χ4v) is 5.74. The summed E-state index contributed by atoms with van der Waals surface area (Å²) in [4.78, 5) is 37.7. The predicted molar refractivity (Wildman–Crippen MR) is 133 cm³/mol. The van der Waals surface area contributed by atoms with Crippen molar-refractivity contribution in [1.29, 1.82) is 0 Å². The first kappa shape index (κ1) is 22.9. The van der Waals surface area contributed by atoms with Crippen LogP contribution in [0.15, 0.2) is 18.5 Å². The van der Waals surface area contributed by atoms with Gasteiger partial charge < -0.3 is 20.3 Å². The molecule has 180 valence electrons. The van der Waals surface area contributed by atoms with Crippen molar-refractivity contribution < 1.29 is 9.53 Å². The van der Waals surface area contributed by atoms with Gasteiger partial charge in [-0.2, -0.15) is 0 Å². The van der Waals surface area contributed by atoms with E-state index in [0.717, 1.165) is 67.2 Å². The number of likely N-dealkylation sites (tertiary alicyclic amines) is 1. The number of carbonyl (C=O) groups excluding carboxylic acids is 1. The molecule has 2 N–H and O–H groups in total. The minimum absolute atomic E-state index is 0.123. The number of piperidine rings is 1. The van der Waals surface area contributed by atoms with Crippen LogP contribution in [0.1, 0.15) is 24.6 Å². The van der Waals surface area contributed by atoms with Gasteiger partial charge in [0, 0.05) is 63.5 Å². The molecule has 10 nitrogen and oxygen atoms in total. The number of hydrogen-bond donors (Lipinski definition) is 1. The summed E-state index contributed by atoms with van der Waals surface area (Å²) in [6.07, 6.45) is 5.48. The fourth-order valence-electron chi connectivity index (χ4n) is 4.58. The number of nitrogens with zero attached hydrogens (tertiary/aromatic N) is 7. The molecule has 0 saturated carbocycles. The fraction of sp³-hybridized carbons (Fsp3) is 0.522. The minimum atomic E-state index is 0.123. The van der Waals surface area contributed by atoms with Crippen molar-refractivity contribution in [3.05, 3.63) is 23.3 Å². The van der Waals surface area contributed by atoms with Gasteiger partial charge >= 0.3 is 0 Å². The highest BCUT2D eigenvalue weighted by molar-refractivity contribution is 7.19. The van der Waals surface area contributed by atoms with Crippen LogP contribution in [0.25, 0.3) is 21.6 Å². The Morgan fingerprint density at radius 2 is 2.00 bits per heavy atom. The van der Waals surface area contributed by atoms with E-state index in [2.05, 4.69) is 25.8 Å². The lowest BCUT2D eigenvalue weighted by molar-refractivity contribution is -0.130. The van der Waals surface area contributed by atoms with E-state index in [4.69, 9.17) is 20.4 Å². The van der Waals surface area contributed by atoms with Gasteiger partial charge in [0.05, 0.1) is 29.0 Å². The molecule has 0 spiro atoms. The van der Waals surface area contributed by atoms with E-state index in [1.165, 1.54) is 4.88 Å². The zero-order chi connectivity index (χ0) is 23.7. The summed E-state index contributed by atoms with van der Waals surface area (Å²) in [6.45, 7) is 7.36. The second-order valence-electron chi connectivity index (χ2n) is 8.89. The molecule has 1 unspecified atom stereocenters. The van der Waals surface area contributed by atoms with Gasteiger partial charge in [0.2, 0.25) is 11.9 Å². The second-order valence-corrected chi connectivity index (χ2v) is 10.0. The Balaban J connectivity index is 1.46. The topological polar surface area (TPSA) is 114 Å². The number of likely N-dealkylation sites (N-methyl/N-ethyl adjacent to an activating group) is 1. The zero-order valence-electron chi connectivity index (χ0n) is 19.6. The number of fused-ring (bicyclic) bond motifs is 1. The summed E-state index contributed by atoms with van der Waals surface area (Å²) in [5.74, 6) is 1.88. The molecule has 34 heavy (non-hydrogen) atoms. The van der Waals surface area contributed by atoms with Crippen LogP contribution in [0.2, 0.25) is 0 Å². The molecule has 5 heterocycles. The molecular formula is C23H30N8O2S. The van der Waals surface area contributed by atoms with Gasteiger partial charge in [0.25, 0.3) is 0 Å². The van der Waals surface area contributed by atoms with Crippen LogP contribution in [-0.4, -0.2) is 88.1 Å². The molecule has 2 saturated heterocycles. The van der Waals surface area contributed by atoms with E-state index in [1.54, 1.807) is 30.7 Å². The first-order valence-electron chi connectivity index (χ1n) is 11.6. The number of anilines is 2. The molecule has 0 bridgehead atoms. The van der Waals surface area contributed by atoms with E-state index in [-0.39, 0.29) is 17.9 Å². The molecule has 1 amide bonds. The van der Waals surface area contributed by atoms with E-state index in [0.29, 0.717) is 19.0 Å². The Labute approximate surface area is 202 Å². The highest BCUT2D eigenvalue weighted by atomic mass is 32.1. The van der Waals surface area contributed by atoms with Crippen LogP contribution in [0, 0.1) is 0 Å². The summed E-state index contributed by atoms with van der Waals surface area (Å²) in [5, 5.41) is 0. The van der Waals surface area contributed by atoms with Crippen LogP contribution in [-0.2, 0) is 16.1 Å². The molecule has 0 aliphatic carbocycles. The van der Waals surface area contributed by atoms with Gasteiger partial charge in [-0.15, -0.1) is 11.3 Å². The number of amides is 1. The molecule has 3 aromatic rings. The highest BCUT2D eigenvalue weighted by Crippen LogP contribution is 2.35. The van der Waals surface area contributed by atoms with Gasteiger partial charge in [0.15, 0.2) is 11.6 Å². The summed E-state index contributed by atoms with van der Waals surface area (Å²) in [7, 11) is 1.91. The third-order valence-electron chi connectivity index (χ3n) is 6.55. The lowest BCUT2D eigenvalue weighted by Gasteiger charge is -2.37. The Bertz CT molecular complexity index is 1160. The largest absolute Gasteiger partial charge is 0.378 e. The quantitative estimate of drug-likeness (QED) is 0.583. The number of nitrogens with two attached hydrogens (primary N) is 1. The van der Waals surface area contributed by atoms with Gasteiger partial charge in [-0.1, -0.05) is 0 Å². The number of morpholine rings is 1. The number of rotatable bonds is 5. The first-order valence-corrected chi connectivity index (χ1v) is 12.5. The van der Waals surface area contributed by atoms with Crippen LogP contribution in [0.5, 0.6) is 0 Å². The molecule has 0 aromatic carbocycles. The van der Waals surface area contributed by atoms with Crippen molar-refractivity contribution in [3.63, 3.8) is 0 Å². The van der Waals surface area contributed by atoms with Crippen LogP contribution < -0.4 is 10.6 Å². The Hall–Kier alpha value is -2.89. The summed E-state index contributed by atoms with van der Waals surface area (Å²) in [6, 6.07) is 2.44. The molecule has 5 rings (SSSR count). The molecule has 2 aliphatic rings. The number of carbonyl (C=O) groups is 1. The molecule has 2 fully saturated rings. The van der Waals surface area contributed by atoms with Gasteiger partial charge in [0.1, 0.15) is 0 Å². The standard InChI is InChI=1S/C23H30N8O2S/c1-15(32)29(2)17-4-3-5-30(13-17)14-18-10-19-20(34-18)22(31-6-8-33-9-7-31)28-21(27-19)16-11-25-23(24)26-12-16/h10-12,17H,3-9,13-14H2,1-2H3,(H2,24,25,26). The molecule has 3 aromatic heterocycles. The number of nitrogen functional groups attached to an aromatic ring is 1. The SMILES string of the molecule is CC(=O)N(C)C1CCCN(Cc2cc3nc(-c4cnc(N)nc4)nc(N4CCOCC4)c3s2)C1. The van der Waals surface area contributed by atoms with Gasteiger partial charge in [-0.05, 0) is 25.5 Å². The van der Waals surface area contributed by atoms with Gasteiger partial charge in [-0.3, -0.25) is 9.69 Å². The Kier molecular flexibility index (Phi) is 6.57. The molecule has 11 heteroatoms. The molecule has 1 atom stereocenters. The lowest BCUT2D eigenvalue weighted by Crippen LogP contribution is -2.47. The summed E-state index contributed by atoms with van der Waals surface area (Å²) in [5.41, 5.74) is 7.34. The van der Waals surface area contributed by atoms with Crippen LogP contribution in [0.3, 0.4) is 0 Å². The van der Waals surface area contributed by atoms with Crippen molar-refractivity contribution in [2.24, 2.45) is 0 Å². The number of aromatic nitrogens is 4. The second kappa shape index (κ2) is 9.77. The molecule has 0 radical (unpaired) electrons. The average Bonchev–Trinajstić information content (AvgIpc) is 3.26. The van der Waals surface area contributed by atoms with E-state index < -0.39 is 0 Å². The average molecular weight is 483 g/mol. The summed E-state index contributed by atoms with van der Waals surface area (Å²) < 4.78 is 6.65. The smallest absolute Gasteiger partial charge is 0.219 e. The van der Waals surface area contributed by atoms with Crippen molar-refractivity contribution in [2.75, 3.05) is 57.1 Å².